The lowest BCUT2D eigenvalue weighted by molar-refractivity contribution is 0.340. The number of sulfonamides is 1. The van der Waals surface area contributed by atoms with Gasteiger partial charge < -0.3 is 5.73 Å². The number of hydrogen-bond acceptors (Lipinski definition) is 3. The van der Waals surface area contributed by atoms with Crippen LogP contribution in [0.3, 0.4) is 0 Å². The van der Waals surface area contributed by atoms with E-state index < -0.39 is 15.8 Å². The van der Waals surface area contributed by atoms with Crippen LogP contribution in [0.25, 0.3) is 0 Å². The zero-order chi connectivity index (χ0) is 13.8. The van der Waals surface area contributed by atoms with Crippen molar-refractivity contribution in [1.82, 2.24) is 4.72 Å². The molecule has 0 fully saturated rings. The van der Waals surface area contributed by atoms with Crippen molar-refractivity contribution >= 4 is 10.0 Å². The Morgan fingerprint density at radius 2 is 2.06 bits per heavy atom. The Balaban J connectivity index is 2.78. The molecule has 0 aliphatic carbocycles. The summed E-state index contributed by atoms with van der Waals surface area (Å²) in [5.41, 5.74) is 5.23. The number of nitrogens with one attached hydrogen (secondary N) is 1. The molecule has 3 N–H and O–H groups in total. The minimum absolute atomic E-state index is 0.0638. The summed E-state index contributed by atoms with van der Waals surface area (Å²) >= 11 is 0. The van der Waals surface area contributed by atoms with Gasteiger partial charge in [-0.15, -0.1) is 0 Å². The second-order valence-corrected chi connectivity index (χ2v) is 6.75. The minimum Gasteiger partial charge on any atom is -0.330 e. The molecule has 4 nitrogen and oxygen atoms in total. The van der Waals surface area contributed by atoms with E-state index in [1.807, 2.05) is 13.8 Å². The molecule has 0 aliphatic heterocycles. The third-order valence-electron chi connectivity index (χ3n) is 2.67. The smallest absolute Gasteiger partial charge is 0.240 e. The summed E-state index contributed by atoms with van der Waals surface area (Å²) < 4.78 is 39.3. The monoisotopic (exact) mass is 274 g/mol. The highest BCUT2D eigenvalue weighted by molar-refractivity contribution is 7.89. The van der Waals surface area contributed by atoms with Crippen LogP contribution >= 0.6 is 0 Å². The molecule has 0 spiro atoms. The molecule has 0 saturated heterocycles. The van der Waals surface area contributed by atoms with E-state index in [4.69, 9.17) is 5.73 Å². The predicted molar refractivity (Wildman–Crippen MR) is 69.0 cm³/mol. The molecular formula is C12H19FN2O2S. The highest BCUT2D eigenvalue weighted by Gasteiger charge is 2.21. The highest BCUT2D eigenvalue weighted by Crippen LogP contribution is 2.19. The van der Waals surface area contributed by atoms with Crippen molar-refractivity contribution in [2.24, 2.45) is 11.1 Å². The lowest BCUT2D eigenvalue weighted by atomic mass is 9.90. The van der Waals surface area contributed by atoms with Crippen LogP contribution in [0.15, 0.2) is 29.2 Å². The summed E-state index contributed by atoms with van der Waals surface area (Å²) in [5, 5.41) is 0. The summed E-state index contributed by atoms with van der Waals surface area (Å²) in [6.07, 6.45) is 0.707. The van der Waals surface area contributed by atoms with Gasteiger partial charge in [0, 0.05) is 6.54 Å². The molecule has 0 bridgehead atoms. The zero-order valence-electron chi connectivity index (χ0n) is 10.6. The van der Waals surface area contributed by atoms with Gasteiger partial charge in [-0.1, -0.05) is 19.9 Å². The van der Waals surface area contributed by atoms with Crippen molar-refractivity contribution in [2.75, 3.05) is 13.1 Å². The molecule has 0 heterocycles. The third-order valence-corrected chi connectivity index (χ3v) is 4.07. The molecule has 102 valence electrons. The fourth-order valence-corrected chi connectivity index (χ4v) is 2.76. The number of hydrogen-bond donors (Lipinski definition) is 2. The molecule has 0 radical (unpaired) electrons. The Morgan fingerprint density at radius 3 is 2.61 bits per heavy atom. The molecule has 6 heteroatoms. The minimum atomic E-state index is -3.67. The molecule has 0 saturated carbocycles. The first-order valence-electron chi connectivity index (χ1n) is 5.72. The first kappa shape index (κ1) is 15.1. The van der Waals surface area contributed by atoms with E-state index in [1.165, 1.54) is 18.2 Å². The summed E-state index contributed by atoms with van der Waals surface area (Å²) in [4.78, 5) is -0.0638. The van der Waals surface area contributed by atoms with Crippen LogP contribution < -0.4 is 10.5 Å². The first-order chi connectivity index (χ1) is 8.27. The van der Waals surface area contributed by atoms with Gasteiger partial charge >= 0.3 is 0 Å². The van der Waals surface area contributed by atoms with E-state index in [0.717, 1.165) is 6.07 Å². The van der Waals surface area contributed by atoms with Crippen molar-refractivity contribution in [1.29, 1.82) is 0 Å². The molecule has 0 atom stereocenters. The average Bonchev–Trinajstić information content (AvgIpc) is 2.27. The Morgan fingerprint density at radius 1 is 1.39 bits per heavy atom. The van der Waals surface area contributed by atoms with Gasteiger partial charge in [-0.2, -0.15) is 0 Å². The van der Waals surface area contributed by atoms with Crippen LogP contribution in [0.5, 0.6) is 0 Å². The Labute approximate surface area is 107 Å². The topological polar surface area (TPSA) is 72.2 Å². The van der Waals surface area contributed by atoms with Gasteiger partial charge in [-0.25, -0.2) is 17.5 Å². The lowest BCUT2D eigenvalue weighted by Gasteiger charge is -2.24. The molecule has 0 aliphatic rings. The predicted octanol–water partition coefficient (Wildman–Crippen LogP) is 1.48. The maximum atomic E-state index is 13.0. The van der Waals surface area contributed by atoms with Gasteiger partial charge in [0.25, 0.3) is 0 Å². The number of rotatable bonds is 6. The Kier molecular flexibility index (Phi) is 4.84. The van der Waals surface area contributed by atoms with Crippen LogP contribution in [0.4, 0.5) is 4.39 Å². The second kappa shape index (κ2) is 5.77. The maximum absolute atomic E-state index is 13.0. The fraction of sp³-hybridized carbons (Fsp3) is 0.500. The third kappa shape index (κ3) is 4.36. The molecule has 1 aromatic carbocycles. The Bertz CT molecular complexity index is 501. The van der Waals surface area contributed by atoms with Crippen LogP contribution in [-0.2, 0) is 10.0 Å². The number of nitrogens with two attached hydrogens (primary N) is 1. The molecule has 1 rings (SSSR count). The standard InChI is InChI=1S/C12H19FN2O2S/c1-12(2,6-7-14)9-15-18(16,17)11-5-3-4-10(13)8-11/h3-5,8,15H,6-7,9,14H2,1-2H3. The molecule has 0 aromatic heterocycles. The summed E-state index contributed by atoms with van der Waals surface area (Å²) in [6.45, 7) is 4.61. The molecule has 0 amide bonds. The average molecular weight is 274 g/mol. The number of benzene rings is 1. The zero-order valence-corrected chi connectivity index (χ0v) is 11.4. The van der Waals surface area contributed by atoms with Gasteiger partial charge in [-0.05, 0) is 36.6 Å². The number of halogens is 1. The van der Waals surface area contributed by atoms with Crippen molar-refractivity contribution < 1.29 is 12.8 Å². The second-order valence-electron chi connectivity index (χ2n) is 4.98. The first-order valence-corrected chi connectivity index (χ1v) is 7.20. The van der Waals surface area contributed by atoms with Crippen LogP contribution in [-0.4, -0.2) is 21.5 Å². The van der Waals surface area contributed by atoms with Gasteiger partial charge in [-0.3, -0.25) is 0 Å². The van der Waals surface area contributed by atoms with Crippen LogP contribution in [0.2, 0.25) is 0 Å². The molecule has 1 aromatic rings. The Hall–Kier alpha value is -0.980. The largest absolute Gasteiger partial charge is 0.330 e. The fourth-order valence-electron chi connectivity index (χ4n) is 1.49. The van der Waals surface area contributed by atoms with E-state index in [2.05, 4.69) is 4.72 Å². The van der Waals surface area contributed by atoms with Crippen molar-refractivity contribution in [3.8, 4) is 0 Å². The van der Waals surface area contributed by atoms with Gasteiger partial charge in [0.2, 0.25) is 10.0 Å². The maximum Gasteiger partial charge on any atom is 0.240 e. The van der Waals surface area contributed by atoms with Crippen molar-refractivity contribution in [3.63, 3.8) is 0 Å². The van der Waals surface area contributed by atoms with E-state index in [9.17, 15) is 12.8 Å². The van der Waals surface area contributed by atoms with E-state index in [0.29, 0.717) is 13.0 Å². The normalized spacial score (nSPS) is 12.7. The molecule has 0 unspecified atom stereocenters. The van der Waals surface area contributed by atoms with Crippen molar-refractivity contribution in [2.45, 2.75) is 25.2 Å². The van der Waals surface area contributed by atoms with Gasteiger partial charge in [0.15, 0.2) is 0 Å². The van der Waals surface area contributed by atoms with Crippen molar-refractivity contribution in [3.05, 3.63) is 30.1 Å². The quantitative estimate of drug-likeness (QED) is 0.825. The van der Waals surface area contributed by atoms with Gasteiger partial charge in [0.1, 0.15) is 5.82 Å². The van der Waals surface area contributed by atoms with E-state index in [-0.39, 0.29) is 16.9 Å². The van der Waals surface area contributed by atoms with E-state index >= 15 is 0 Å². The SMILES string of the molecule is CC(C)(CCN)CNS(=O)(=O)c1cccc(F)c1. The highest BCUT2D eigenvalue weighted by atomic mass is 32.2. The van der Waals surface area contributed by atoms with Crippen LogP contribution in [0.1, 0.15) is 20.3 Å². The summed E-state index contributed by atoms with van der Waals surface area (Å²) in [7, 11) is -3.67. The van der Waals surface area contributed by atoms with Gasteiger partial charge in [0.05, 0.1) is 4.90 Å². The molecule has 18 heavy (non-hydrogen) atoms. The summed E-state index contributed by atoms with van der Waals surface area (Å²) in [6, 6.07) is 4.94. The lowest BCUT2D eigenvalue weighted by Crippen LogP contribution is -2.35. The van der Waals surface area contributed by atoms with Crippen LogP contribution in [0, 0.1) is 11.2 Å². The van der Waals surface area contributed by atoms with E-state index in [1.54, 1.807) is 0 Å². The summed E-state index contributed by atoms with van der Waals surface area (Å²) in [5.74, 6) is -0.570. The molecular weight excluding hydrogens is 255 g/mol.